The number of nitrogens with one attached hydrogen (secondary N) is 1. The van der Waals surface area contributed by atoms with Gasteiger partial charge in [0.25, 0.3) is 11.8 Å². The number of carboxylic acid groups (broad SMARTS) is 1. The van der Waals surface area contributed by atoms with E-state index in [1.807, 2.05) is 0 Å². The molecule has 0 heterocycles. The summed E-state index contributed by atoms with van der Waals surface area (Å²) in [5.74, 6) is -2.07. The van der Waals surface area contributed by atoms with Gasteiger partial charge in [-0.2, -0.15) is 0 Å². The van der Waals surface area contributed by atoms with Gasteiger partial charge in [0.1, 0.15) is 11.8 Å². The van der Waals surface area contributed by atoms with Crippen molar-refractivity contribution in [2.24, 2.45) is 5.73 Å². The molecule has 0 spiro atoms. The number of aliphatic hydroxyl groups is 1. The fourth-order valence-electron chi connectivity index (χ4n) is 1.49. The highest BCUT2D eigenvalue weighted by Gasteiger charge is 2.19. The number of aliphatic carboxylic acids is 1. The van der Waals surface area contributed by atoms with E-state index in [9.17, 15) is 14.4 Å². The Morgan fingerprint density at radius 2 is 1.86 bits per heavy atom. The van der Waals surface area contributed by atoms with Crippen LogP contribution in [0.15, 0.2) is 24.3 Å². The van der Waals surface area contributed by atoms with E-state index in [1.54, 1.807) is 0 Å². The van der Waals surface area contributed by atoms with Crippen molar-refractivity contribution in [3.63, 3.8) is 0 Å². The molecule has 114 valence electrons. The molecule has 0 aliphatic carbocycles. The van der Waals surface area contributed by atoms with Crippen molar-refractivity contribution in [1.82, 2.24) is 5.32 Å². The first-order chi connectivity index (χ1) is 9.93. The number of carbonyl (C=O) groups is 3. The van der Waals surface area contributed by atoms with Gasteiger partial charge in [0.15, 0.2) is 6.61 Å². The Kier molecular flexibility index (Phi) is 6.15. The molecular formula is C13H16N2O6. The van der Waals surface area contributed by atoms with Crippen LogP contribution in [0.2, 0.25) is 0 Å². The first-order valence-corrected chi connectivity index (χ1v) is 6.09. The number of carbonyl (C=O) groups excluding carboxylic acids is 2. The van der Waals surface area contributed by atoms with Gasteiger partial charge < -0.3 is 26.0 Å². The molecule has 0 saturated carbocycles. The van der Waals surface area contributed by atoms with Crippen LogP contribution in [-0.2, 0) is 9.59 Å². The topological polar surface area (TPSA) is 139 Å². The fraction of sp³-hybridized carbons (Fsp3) is 0.308. The van der Waals surface area contributed by atoms with Crippen LogP contribution in [0, 0.1) is 0 Å². The number of primary amides is 1. The van der Waals surface area contributed by atoms with E-state index in [-0.39, 0.29) is 25.2 Å². The molecule has 0 saturated heterocycles. The molecule has 5 N–H and O–H groups in total. The summed E-state index contributed by atoms with van der Waals surface area (Å²) in [5, 5.41) is 19.9. The van der Waals surface area contributed by atoms with Crippen molar-refractivity contribution in [2.75, 3.05) is 13.2 Å². The van der Waals surface area contributed by atoms with E-state index < -0.39 is 23.8 Å². The van der Waals surface area contributed by atoms with Gasteiger partial charge in [-0.3, -0.25) is 9.59 Å². The Hall–Kier alpha value is -2.61. The maximum atomic E-state index is 11.8. The second kappa shape index (κ2) is 7.85. The molecule has 0 radical (unpaired) electrons. The number of hydrogen-bond acceptors (Lipinski definition) is 5. The van der Waals surface area contributed by atoms with Crippen LogP contribution in [0.25, 0.3) is 0 Å². The average Bonchev–Trinajstić information content (AvgIpc) is 2.45. The molecule has 0 aliphatic rings. The van der Waals surface area contributed by atoms with Crippen LogP contribution in [0.5, 0.6) is 5.75 Å². The molecule has 0 aromatic heterocycles. The Labute approximate surface area is 120 Å². The van der Waals surface area contributed by atoms with E-state index in [2.05, 4.69) is 5.32 Å². The summed E-state index contributed by atoms with van der Waals surface area (Å²) in [7, 11) is 0. The summed E-state index contributed by atoms with van der Waals surface area (Å²) in [4.78, 5) is 33.3. The lowest BCUT2D eigenvalue weighted by atomic mass is 10.1. The largest absolute Gasteiger partial charge is 0.484 e. The van der Waals surface area contributed by atoms with Crippen molar-refractivity contribution >= 4 is 17.8 Å². The quantitative estimate of drug-likeness (QED) is 0.491. The first-order valence-electron chi connectivity index (χ1n) is 6.09. The van der Waals surface area contributed by atoms with Gasteiger partial charge in [0.05, 0.1) is 0 Å². The molecule has 1 rings (SSSR count). The first kappa shape index (κ1) is 16.4. The second-order valence-corrected chi connectivity index (χ2v) is 4.16. The summed E-state index contributed by atoms with van der Waals surface area (Å²) in [5.41, 5.74) is 5.15. The summed E-state index contributed by atoms with van der Waals surface area (Å²) in [6.45, 7) is -0.625. The van der Waals surface area contributed by atoms with E-state index in [0.717, 1.165) is 0 Å². The van der Waals surface area contributed by atoms with Crippen molar-refractivity contribution in [1.29, 1.82) is 0 Å². The third kappa shape index (κ3) is 5.49. The lowest BCUT2D eigenvalue weighted by molar-refractivity contribution is -0.139. The number of nitrogens with two attached hydrogens (primary N) is 1. The standard InChI is InChI=1S/C13H16N2O6/c14-11(17)7-21-9-3-1-8(2-4-9)12(18)15-10(5-6-16)13(19)20/h1-4,10,16H,5-7H2,(H2,14,17)(H,15,18)(H,19,20)/t10-/m0/s1. The molecule has 1 aromatic rings. The average molecular weight is 296 g/mol. The monoisotopic (exact) mass is 296 g/mol. The Bertz CT molecular complexity index is 514. The Morgan fingerprint density at radius 3 is 2.33 bits per heavy atom. The van der Waals surface area contributed by atoms with Gasteiger partial charge in [-0.1, -0.05) is 0 Å². The number of benzene rings is 1. The van der Waals surface area contributed by atoms with Crippen LogP contribution in [-0.4, -0.2) is 47.3 Å². The highest BCUT2D eigenvalue weighted by Crippen LogP contribution is 2.12. The minimum atomic E-state index is -1.22. The number of amides is 2. The second-order valence-electron chi connectivity index (χ2n) is 4.16. The zero-order chi connectivity index (χ0) is 15.8. The van der Waals surface area contributed by atoms with Gasteiger partial charge in [-0.05, 0) is 24.3 Å². The lowest BCUT2D eigenvalue weighted by Crippen LogP contribution is -2.41. The van der Waals surface area contributed by atoms with Crippen LogP contribution in [0.3, 0.4) is 0 Å². The van der Waals surface area contributed by atoms with Gasteiger partial charge >= 0.3 is 5.97 Å². The predicted molar refractivity (Wildman–Crippen MR) is 71.7 cm³/mol. The molecule has 2 amide bonds. The number of carboxylic acids is 1. The predicted octanol–water partition coefficient (Wildman–Crippen LogP) is -0.884. The van der Waals surface area contributed by atoms with Gasteiger partial charge in [-0.25, -0.2) is 4.79 Å². The molecule has 8 nitrogen and oxygen atoms in total. The molecule has 0 fully saturated rings. The minimum Gasteiger partial charge on any atom is -0.484 e. The van der Waals surface area contributed by atoms with Crippen LogP contribution < -0.4 is 15.8 Å². The molecule has 21 heavy (non-hydrogen) atoms. The highest BCUT2D eigenvalue weighted by atomic mass is 16.5. The smallest absolute Gasteiger partial charge is 0.326 e. The number of rotatable bonds is 8. The van der Waals surface area contributed by atoms with Crippen molar-refractivity contribution in [2.45, 2.75) is 12.5 Å². The minimum absolute atomic E-state index is 0.0825. The molecule has 0 unspecified atom stereocenters. The van der Waals surface area contributed by atoms with Crippen molar-refractivity contribution in [3.05, 3.63) is 29.8 Å². The normalized spacial score (nSPS) is 11.5. The molecule has 8 heteroatoms. The Morgan fingerprint density at radius 1 is 1.24 bits per heavy atom. The van der Waals surface area contributed by atoms with E-state index in [4.69, 9.17) is 20.7 Å². The molecule has 0 bridgehead atoms. The molecule has 1 aromatic carbocycles. The zero-order valence-corrected chi connectivity index (χ0v) is 11.1. The van der Waals surface area contributed by atoms with Gasteiger partial charge in [-0.15, -0.1) is 0 Å². The molecule has 0 aliphatic heterocycles. The van der Waals surface area contributed by atoms with E-state index in [0.29, 0.717) is 5.75 Å². The summed E-state index contributed by atoms with van der Waals surface area (Å²) in [6, 6.07) is 4.60. The van der Waals surface area contributed by atoms with Crippen LogP contribution in [0.1, 0.15) is 16.8 Å². The summed E-state index contributed by atoms with van der Waals surface area (Å²) >= 11 is 0. The van der Waals surface area contributed by atoms with Crippen molar-refractivity contribution < 1.29 is 29.3 Å². The maximum absolute atomic E-state index is 11.8. The summed E-state index contributed by atoms with van der Waals surface area (Å²) in [6.07, 6.45) is -0.0825. The SMILES string of the molecule is NC(=O)COc1ccc(C(=O)N[C@@H](CCO)C(=O)O)cc1. The highest BCUT2D eigenvalue weighted by molar-refractivity contribution is 5.96. The van der Waals surface area contributed by atoms with Crippen LogP contribution >= 0.6 is 0 Å². The molecular weight excluding hydrogens is 280 g/mol. The zero-order valence-electron chi connectivity index (χ0n) is 11.1. The van der Waals surface area contributed by atoms with Gasteiger partial charge in [0.2, 0.25) is 0 Å². The van der Waals surface area contributed by atoms with Gasteiger partial charge in [0, 0.05) is 18.6 Å². The van der Waals surface area contributed by atoms with Crippen molar-refractivity contribution in [3.8, 4) is 5.75 Å². The summed E-state index contributed by atoms with van der Waals surface area (Å²) < 4.78 is 5.03. The third-order valence-corrected chi connectivity index (χ3v) is 2.52. The van der Waals surface area contributed by atoms with E-state index >= 15 is 0 Å². The lowest BCUT2D eigenvalue weighted by Gasteiger charge is -2.13. The fourth-order valence-corrected chi connectivity index (χ4v) is 1.49. The third-order valence-electron chi connectivity index (χ3n) is 2.52. The number of ether oxygens (including phenoxy) is 1. The Balaban J connectivity index is 2.65. The van der Waals surface area contributed by atoms with E-state index in [1.165, 1.54) is 24.3 Å². The molecule has 1 atom stereocenters. The number of aliphatic hydroxyl groups excluding tert-OH is 1. The van der Waals surface area contributed by atoms with Crippen LogP contribution in [0.4, 0.5) is 0 Å². The maximum Gasteiger partial charge on any atom is 0.326 e. The number of hydrogen-bond donors (Lipinski definition) is 4.